The number of anilines is 2. The number of nitrogens with one attached hydrogen (secondary N) is 2. The van der Waals surface area contributed by atoms with Gasteiger partial charge in [0.15, 0.2) is 12.6 Å². The molecule has 0 saturated heterocycles. The first-order valence-corrected chi connectivity index (χ1v) is 14.9. The molecule has 0 aliphatic carbocycles. The normalized spacial score (nSPS) is 10.9. The molecule has 1 heterocycles. The molecule has 0 aliphatic heterocycles. The number of benzene rings is 3. The van der Waals surface area contributed by atoms with E-state index in [0.717, 1.165) is 0 Å². The average Bonchev–Trinajstić information content (AvgIpc) is 3.03. The number of nitrogens with zero attached hydrogens (tertiary/aromatic N) is 3. The largest absolute Gasteiger partial charge is 0.467 e. The van der Waals surface area contributed by atoms with Gasteiger partial charge >= 0.3 is 6.09 Å². The van der Waals surface area contributed by atoms with E-state index in [1.54, 1.807) is 99.6 Å². The molecular formula is C35H34ClN5O6. The number of halogens is 1. The predicted molar refractivity (Wildman–Crippen MR) is 179 cm³/mol. The number of hydrogen-bond donors (Lipinski definition) is 3. The van der Waals surface area contributed by atoms with Crippen molar-refractivity contribution in [3.8, 4) is 34.2 Å². The van der Waals surface area contributed by atoms with Gasteiger partial charge in [0, 0.05) is 53.0 Å². The molecule has 1 aromatic heterocycles. The van der Waals surface area contributed by atoms with E-state index in [4.69, 9.17) is 21.1 Å². The molecule has 4 rings (SSSR count). The van der Waals surface area contributed by atoms with Crippen LogP contribution in [-0.4, -0.2) is 58.9 Å². The quantitative estimate of drug-likeness (QED) is 0.142. The summed E-state index contributed by atoms with van der Waals surface area (Å²) in [6, 6.07) is 24.2. The van der Waals surface area contributed by atoms with Crippen LogP contribution in [0.2, 0.25) is 5.02 Å². The summed E-state index contributed by atoms with van der Waals surface area (Å²) in [6.07, 6.45) is -1.18. The molecule has 0 atom stereocenters. The lowest BCUT2D eigenvalue weighted by Gasteiger charge is -2.32. The third-order valence-electron chi connectivity index (χ3n) is 7.01. The number of hydrogen-bond acceptors (Lipinski definition) is 7. The van der Waals surface area contributed by atoms with Crippen molar-refractivity contribution >= 4 is 41.0 Å². The van der Waals surface area contributed by atoms with Gasteiger partial charge in [-0.3, -0.25) is 9.59 Å². The molecular weight excluding hydrogens is 622 g/mol. The van der Waals surface area contributed by atoms with Crippen molar-refractivity contribution < 1.29 is 29.0 Å². The fourth-order valence-electron chi connectivity index (χ4n) is 4.75. The molecule has 11 nitrogen and oxygen atoms in total. The predicted octanol–water partition coefficient (Wildman–Crippen LogP) is 7.28. The van der Waals surface area contributed by atoms with E-state index in [9.17, 15) is 24.8 Å². The van der Waals surface area contributed by atoms with Crippen molar-refractivity contribution in [1.29, 1.82) is 5.26 Å². The molecule has 0 radical (unpaired) electrons. The second kappa shape index (κ2) is 15.2. The standard InChI is InChI=1S/C35H34ClN5O6/c1-35(2,3)41(34(44)45)16-15-31(42)38-25-12-8-11-23(17-25)27-19-29(26-14-13-24(36)18-30(26)47-21-46-4)39-32(28(27)20-37)40-33(43)22-9-6-5-7-10-22/h5-14,17-19H,15-16,21H2,1-4H3,(H,38,42)(H,44,45)(H,39,40,43). The van der Waals surface area contributed by atoms with Crippen LogP contribution in [0.4, 0.5) is 16.3 Å². The zero-order valence-corrected chi connectivity index (χ0v) is 27.1. The van der Waals surface area contributed by atoms with Gasteiger partial charge < -0.3 is 30.1 Å². The first kappa shape index (κ1) is 34.4. The van der Waals surface area contributed by atoms with E-state index in [2.05, 4.69) is 21.7 Å². The molecule has 3 aromatic carbocycles. The van der Waals surface area contributed by atoms with E-state index in [1.165, 1.54) is 12.0 Å². The Kier molecular flexibility index (Phi) is 11.2. The van der Waals surface area contributed by atoms with Gasteiger partial charge in [-0.15, -0.1) is 0 Å². The molecule has 0 fully saturated rings. The Morgan fingerprint density at radius 2 is 1.72 bits per heavy atom. The Morgan fingerprint density at radius 3 is 2.38 bits per heavy atom. The number of carboxylic acid groups (broad SMARTS) is 1. The minimum absolute atomic E-state index is 0.00962. The van der Waals surface area contributed by atoms with E-state index in [-0.39, 0.29) is 37.0 Å². The Bertz CT molecular complexity index is 1820. The number of carbonyl (C=O) groups excluding carboxylic acids is 2. The molecule has 3 amide bonds. The number of carbonyl (C=O) groups is 3. The van der Waals surface area contributed by atoms with Crippen molar-refractivity contribution in [2.24, 2.45) is 0 Å². The molecule has 47 heavy (non-hydrogen) atoms. The number of pyridine rings is 1. The Morgan fingerprint density at radius 1 is 0.979 bits per heavy atom. The molecule has 0 saturated carbocycles. The Labute approximate surface area is 277 Å². The van der Waals surface area contributed by atoms with Crippen LogP contribution in [0.1, 0.15) is 43.1 Å². The molecule has 0 unspecified atom stereocenters. The summed E-state index contributed by atoms with van der Waals surface area (Å²) in [6.45, 7) is 5.22. The van der Waals surface area contributed by atoms with Crippen LogP contribution in [0.5, 0.6) is 5.75 Å². The smallest absolute Gasteiger partial charge is 0.407 e. The maximum atomic E-state index is 13.2. The summed E-state index contributed by atoms with van der Waals surface area (Å²) in [5.74, 6) is -0.455. The number of ether oxygens (including phenoxy) is 2. The summed E-state index contributed by atoms with van der Waals surface area (Å²) in [5.41, 5.74) is 2.09. The minimum atomic E-state index is -1.11. The first-order valence-electron chi connectivity index (χ1n) is 14.5. The van der Waals surface area contributed by atoms with Crippen molar-refractivity contribution in [3.05, 3.63) is 95.0 Å². The van der Waals surface area contributed by atoms with Crippen molar-refractivity contribution in [2.45, 2.75) is 32.7 Å². The van der Waals surface area contributed by atoms with Gasteiger partial charge in [-0.05, 0) is 74.9 Å². The molecule has 0 spiro atoms. The van der Waals surface area contributed by atoms with Gasteiger partial charge in [0.1, 0.15) is 17.4 Å². The Hall–Kier alpha value is -5.44. The van der Waals surface area contributed by atoms with E-state index in [0.29, 0.717) is 44.4 Å². The second-order valence-corrected chi connectivity index (χ2v) is 11.8. The van der Waals surface area contributed by atoms with Crippen LogP contribution >= 0.6 is 11.6 Å². The number of nitriles is 1. The molecule has 242 valence electrons. The van der Waals surface area contributed by atoms with Gasteiger partial charge in [-0.25, -0.2) is 9.78 Å². The number of aromatic nitrogens is 1. The number of methoxy groups -OCH3 is 1. The van der Waals surface area contributed by atoms with Crippen molar-refractivity contribution in [1.82, 2.24) is 9.88 Å². The molecule has 12 heteroatoms. The van der Waals surface area contributed by atoms with Gasteiger partial charge in [0.2, 0.25) is 5.91 Å². The lowest BCUT2D eigenvalue weighted by molar-refractivity contribution is -0.116. The van der Waals surface area contributed by atoms with Gasteiger partial charge in [0.25, 0.3) is 5.91 Å². The highest BCUT2D eigenvalue weighted by molar-refractivity contribution is 6.30. The maximum absolute atomic E-state index is 13.2. The third kappa shape index (κ3) is 8.85. The summed E-state index contributed by atoms with van der Waals surface area (Å²) in [4.78, 5) is 43.6. The van der Waals surface area contributed by atoms with E-state index < -0.39 is 17.5 Å². The van der Waals surface area contributed by atoms with Crippen LogP contribution in [-0.2, 0) is 9.53 Å². The first-order chi connectivity index (χ1) is 22.4. The molecule has 3 N–H and O–H groups in total. The van der Waals surface area contributed by atoms with Crippen LogP contribution in [0.15, 0.2) is 78.9 Å². The fraction of sp³-hybridized carbons (Fsp3) is 0.229. The zero-order valence-electron chi connectivity index (χ0n) is 26.3. The second-order valence-electron chi connectivity index (χ2n) is 11.4. The maximum Gasteiger partial charge on any atom is 0.407 e. The number of amides is 3. The average molecular weight is 656 g/mol. The van der Waals surface area contributed by atoms with Crippen LogP contribution in [0.25, 0.3) is 22.4 Å². The molecule has 0 aliphatic rings. The highest BCUT2D eigenvalue weighted by Crippen LogP contribution is 2.38. The van der Waals surface area contributed by atoms with Gasteiger partial charge in [-0.1, -0.05) is 41.9 Å². The van der Waals surface area contributed by atoms with Crippen molar-refractivity contribution in [2.75, 3.05) is 31.1 Å². The summed E-state index contributed by atoms with van der Waals surface area (Å²) < 4.78 is 10.8. The molecule has 4 aromatic rings. The van der Waals surface area contributed by atoms with Crippen LogP contribution in [0.3, 0.4) is 0 Å². The lowest BCUT2D eigenvalue weighted by atomic mass is 9.97. The minimum Gasteiger partial charge on any atom is -0.467 e. The van der Waals surface area contributed by atoms with Crippen LogP contribution < -0.4 is 15.4 Å². The Balaban J connectivity index is 1.76. The topological polar surface area (TPSA) is 154 Å². The zero-order chi connectivity index (χ0) is 34.1. The van der Waals surface area contributed by atoms with Crippen molar-refractivity contribution in [3.63, 3.8) is 0 Å². The van der Waals surface area contributed by atoms with Gasteiger partial charge in [0.05, 0.1) is 5.69 Å². The highest BCUT2D eigenvalue weighted by atomic mass is 35.5. The summed E-state index contributed by atoms with van der Waals surface area (Å²) >= 11 is 6.25. The lowest BCUT2D eigenvalue weighted by Crippen LogP contribution is -2.46. The summed E-state index contributed by atoms with van der Waals surface area (Å²) in [7, 11) is 1.48. The third-order valence-corrected chi connectivity index (χ3v) is 7.25. The van der Waals surface area contributed by atoms with E-state index >= 15 is 0 Å². The van der Waals surface area contributed by atoms with Gasteiger partial charge in [-0.2, -0.15) is 5.26 Å². The summed E-state index contributed by atoms with van der Waals surface area (Å²) in [5, 5.41) is 25.9. The van der Waals surface area contributed by atoms with Crippen LogP contribution in [0, 0.1) is 11.3 Å². The monoisotopic (exact) mass is 655 g/mol. The number of rotatable bonds is 11. The van der Waals surface area contributed by atoms with E-state index in [1.807, 2.05) is 0 Å². The highest BCUT2D eigenvalue weighted by Gasteiger charge is 2.26. The molecule has 0 bridgehead atoms. The SMILES string of the molecule is COCOc1cc(Cl)ccc1-c1cc(-c2cccc(NC(=O)CCN(C(=O)O)C(C)(C)C)c2)c(C#N)c(NC(=O)c2ccccc2)n1. The fourth-order valence-corrected chi connectivity index (χ4v) is 4.91.